The first-order valence-electron chi connectivity index (χ1n) is 7.37. The molecular formula is C17H22N2. The number of fused-ring (bicyclic) bond motifs is 1. The van der Waals surface area contributed by atoms with Gasteiger partial charge >= 0.3 is 0 Å². The zero-order valence-corrected chi connectivity index (χ0v) is 11.6. The number of aromatic nitrogens is 1. The SMILES string of the molecule is CC1CCCC1CNCc1ccc2ncccc2c1. The van der Waals surface area contributed by atoms with Gasteiger partial charge in [-0.1, -0.05) is 31.9 Å². The van der Waals surface area contributed by atoms with Crippen LogP contribution in [-0.2, 0) is 6.54 Å². The molecule has 1 fully saturated rings. The molecule has 3 rings (SSSR count). The minimum Gasteiger partial charge on any atom is -0.312 e. The predicted octanol–water partition coefficient (Wildman–Crippen LogP) is 3.76. The highest BCUT2D eigenvalue weighted by Gasteiger charge is 2.22. The lowest BCUT2D eigenvalue weighted by molar-refractivity contribution is 0.392. The van der Waals surface area contributed by atoms with Crippen molar-refractivity contribution in [1.29, 1.82) is 0 Å². The number of pyridine rings is 1. The minimum atomic E-state index is 0.877. The summed E-state index contributed by atoms with van der Waals surface area (Å²) >= 11 is 0. The van der Waals surface area contributed by atoms with Crippen molar-refractivity contribution in [2.75, 3.05) is 6.54 Å². The maximum Gasteiger partial charge on any atom is 0.0702 e. The van der Waals surface area contributed by atoms with Crippen LogP contribution >= 0.6 is 0 Å². The standard InChI is InChI=1S/C17H22N2/c1-13-4-2-5-16(13)12-18-11-14-7-8-17-15(10-14)6-3-9-19-17/h3,6-10,13,16,18H,2,4-5,11-12H2,1H3. The van der Waals surface area contributed by atoms with E-state index in [0.717, 1.165) is 30.4 Å². The fraction of sp³-hybridized carbons (Fsp3) is 0.471. The Balaban J connectivity index is 1.59. The van der Waals surface area contributed by atoms with Crippen LogP contribution in [0.2, 0.25) is 0 Å². The van der Waals surface area contributed by atoms with Gasteiger partial charge in [0.15, 0.2) is 0 Å². The van der Waals surface area contributed by atoms with Gasteiger partial charge in [0, 0.05) is 18.1 Å². The third-order valence-corrected chi connectivity index (χ3v) is 4.44. The molecule has 2 nitrogen and oxygen atoms in total. The van der Waals surface area contributed by atoms with Gasteiger partial charge in [-0.25, -0.2) is 0 Å². The third-order valence-electron chi connectivity index (χ3n) is 4.44. The van der Waals surface area contributed by atoms with Crippen LogP contribution in [0, 0.1) is 11.8 Å². The fourth-order valence-electron chi connectivity index (χ4n) is 3.16. The lowest BCUT2D eigenvalue weighted by Gasteiger charge is -2.16. The Labute approximate surface area is 115 Å². The van der Waals surface area contributed by atoms with Gasteiger partial charge in [0.2, 0.25) is 0 Å². The van der Waals surface area contributed by atoms with E-state index in [9.17, 15) is 0 Å². The molecule has 1 aromatic heterocycles. The Morgan fingerprint density at radius 3 is 3.05 bits per heavy atom. The van der Waals surface area contributed by atoms with Crippen molar-refractivity contribution in [2.45, 2.75) is 32.7 Å². The molecule has 0 amide bonds. The maximum absolute atomic E-state index is 4.36. The van der Waals surface area contributed by atoms with Gasteiger partial charge in [0.1, 0.15) is 0 Å². The van der Waals surface area contributed by atoms with Crippen molar-refractivity contribution < 1.29 is 0 Å². The van der Waals surface area contributed by atoms with E-state index in [2.05, 4.69) is 41.5 Å². The molecule has 0 aliphatic heterocycles. The molecule has 1 N–H and O–H groups in total. The molecule has 1 aliphatic rings. The summed E-state index contributed by atoms with van der Waals surface area (Å²) in [5, 5.41) is 4.85. The maximum atomic E-state index is 4.36. The van der Waals surface area contributed by atoms with E-state index >= 15 is 0 Å². The normalized spacial score (nSPS) is 23.0. The van der Waals surface area contributed by atoms with Crippen molar-refractivity contribution in [3.63, 3.8) is 0 Å². The summed E-state index contributed by atoms with van der Waals surface area (Å²) in [5.41, 5.74) is 2.43. The lowest BCUT2D eigenvalue weighted by Crippen LogP contribution is -2.23. The van der Waals surface area contributed by atoms with E-state index in [1.54, 1.807) is 0 Å². The highest BCUT2D eigenvalue weighted by molar-refractivity contribution is 5.78. The van der Waals surface area contributed by atoms with Gasteiger partial charge in [-0.05, 0) is 48.6 Å². The van der Waals surface area contributed by atoms with E-state index in [4.69, 9.17) is 0 Å². The number of nitrogens with zero attached hydrogens (tertiary/aromatic N) is 1. The number of rotatable bonds is 4. The second-order valence-corrected chi connectivity index (χ2v) is 5.83. The van der Waals surface area contributed by atoms with E-state index < -0.39 is 0 Å². The molecule has 0 spiro atoms. The minimum absolute atomic E-state index is 0.877. The molecule has 0 saturated heterocycles. The summed E-state index contributed by atoms with van der Waals surface area (Å²) in [7, 11) is 0. The van der Waals surface area contributed by atoms with Gasteiger partial charge in [-0.15, -0.1) is 0 Å². The first kappa shape index (κ1) is 12.6. The molecule has 2 atom stereocenters. The summed E-state index contributed by atoms with van der Waals surface area (Å²) in [6.07, 6.45) is 6.07. The highest BCUT2D eigenvalue weighted by Crippen LogP contribution is 2.30. The van der Waals surface area contributed by atoms with Gasteiger partial charge in [-0.2, -0.15) is 0 Å². The summed E-state index contributed by atoms with van der Waals surface area (Å²) in [5.74, 6) is 1.77. The molecule has 0 radical (unpaired) electrons. The van der Waals surface area contributed by atoms with Crippen LogP contribution in [0.15, 0.2) is 36.5 Å². The number of hydrogen-bond donors (Lipinski definition) is 1. The molecule has 1 heterocycles. The molecule has 1 aliphatic carbocycles. The second-order valence-electron chi connectivity index (χ2n) is 5.83. The molecule has 2 aromatic rings. The Kier molecular flexibility index (Phi) is 3.79. The van der Waals surface area contributed by atoms with E-state index in [-0.39, 0.29) is 0 Å². The summed E-state index contributed by atoms with van der Waals surface area (Å²) in [4.78, 5) is 4.36. The zero-order valence-electron chi connectivity index (χ0n) is 11.6. The van der Waals surface area contributed by atoms with Gasteiger partial charge in [-0.3, -0.25) is 4.98 Å². The largest absolute Gasteiger partial charge is 0.312 e. The predicted molar refractivity (Wildman–Crippen MR) is 80.0 cm³/mol. The van der Waals surface area contributed by atoms with Gasteiger partial charge < -0.3 is 5.32 Å². The van der Waals surface area contributed by atoms with Crippen LogP contribution < -0.4 is 5.32 Å². The Hall–Kier alpha value is -1.41. The second kappa shape index (κ2) is 5.70. The van der Waals surface area contributed by atoms with Crippen molar-refractivity contribution in [1.82, 2.24) is 10.3 Å². The van der Waals surface area contributed by atoms with Crippen molar-refractivity contribution in [3.8, 4) is 0 Å². The van der Waals surface area contributed by atoms with Crippen LogP contribution in [0.5, 0.6) is 0 Å². The number of hydrogen-bond acceptors (Lipinski definition) is 2. The Morgan fingerprint density at radius 2 is 2.21 bits per heavy atom. The quantitative estimate of drug-likeness (QED) is 0.898. The van der Waals surface area contributed by atoms with Crippen LogP contribution in [-0.4, -0.2) is 11.5 Å². The topological polar surface area (TPSA) is 24.9 Å². The van der Waals surface area contributed by atoms with Crippen molar-refractivity contribution >= 4 is 10.9 Å². The molecule has 2 unspecified atom stereocenters. The Bertz CT molecular complexity index is 550. The average Bonchev–Trinajstić information content (AvgIpc) is 2.84. The van der Waals surface area contributed by atoms with Gasteiger partial charge in [0.25, 0.3) is 0 Å². The van der Waals surface area contributed by atoms with Gasteiger partial charge in [0.05, 0.1) is 5.52 Å². The van der Waals surface area contributed by atoms with Crippen LogP contribution in [0.4, 0.5) is 0 Å². The smallest absolute Gasteiger partial charge is 0.0702 e. The molecular weight excluding hydrogens is 232 g/mol. The average molecular weight is 254 g/mol. The number of benzene rings is 1. The molecule has 1 aromatic carbocycles. The first-order valence-corrected chi connectivity index (χ1v) is 7.37. The third kappa shape index (κ3) is 2.95. The van der Waals surface area contributed by atoms with Crippen molar-refractivity contribution in [3.05, 3.63) is 42.1 Å². The first-order chi connectivity index (χ1) is 9.33. The van der Waals surface area contributed by atoms with E-state index in [0.29, 0.717) is 0 Å². The van der Waals surface area contributed by atoms with E-state index in [1.807, 2.05) is 12.3 Å². The molecule has 0 bridgehead atoms. The molecule has 2 heteroatoms. The summed E-state index contributed by atoms with van der Waals surface area (Å²) < 4.78 is 0. The zero-order chi connectivity index (χ0) is 13.1. The molecule has 100 valence electrons. The van der Waals surface area contributed by atoms with Crippen LogP contribution in [0.1, 0.15) is 31.7 Å². The van der Waals surface area contributed by atoms with Crippen LogP contribution in [0.3, 0.4) is 0 Å². The van der Waals surface area contributed by atoms with Crippen molar-refractivity contribution in [2.24, 2.45) is 11.8 Å². The fourth-order valence-corrected chi connectivity index (χ4v) is 3.16. The number of nitrogens with one attached hydrogen (secondary N) is 1. The van der Waals surface area contributed by atoms with E-state index in [1.165, 1.54) is 30.2 Å². The molecule has 19 heavy (non-hydrogen) atoms. The molecule has 1 saturated carbocycles. The highest BCUT2D eigenvalue weighted by atomic mass is 14.9. The lowest BCUT2D eigenvalue weighted by atomic mass is 9.98. The Morgan fingerprint density at radius 1 is 1.26 bits per heavy atom. The summed E-state index contributed by atoms with van der Waals surface area (Å²) in [6, 6.07) is 10.7. The van der Waals surface area contributed by atoms with Crippen LogP contribution in [0.25, 0.3) is 10.9 Å². The summed E-state index contributed by atoms with van der Waals surface area (Å²) in [6.45, 7) is 4.52. The monoisotopic (exact) mass is 254 g/mol.